The molecule has 150 valence electrons. The molecule has 5 nitrogen and oxygen atoms in total. The van der Waals surface area contributed by atoms with Crippen LogP contribution in [0, 0.1) is 20.8 Å². The number of halogens is 1. The summed E-state index contributed by atoms with van der Waals surface area (Å²) in [5, 5.41) is 3.31. The molecule has 3 aromatic carbocycles. The smallest absolute Gasteiger partial charge is 0.261 e. The van der Waals surface area contributed by atoms with Gasteiger partial charge < -0.3 is 5.32 Å². The van der Waals surface area contributed by atoms with Crippen LogP contribution < -0.4 is 10.0 Å². The standard InChI is InChI=1S/C22H21ClN2O3S/c1-14-5-4-6-20(16(14)3)25-29(27,28)19-11-8-17(9-12-19)22(26)24-21-13-18(23)10-7-15(21)2/h4-13,25H,1-3H3,(H,24,26). The fourth-order valence-electron chi connectivity index (χ4n) is 2.77. The Bertz CT molecular complexity index is 1170. The second-order valence-corrected chi connectivity index (χ2v) is 8.91. The number of rotatable bonds is 5. The third-order valence-corrected chi connectivity index (χ3v) is 6.34. The van der Waals surface area contributed by atoms with Crippen LogP contribution in [0.25, 0.3) is 0 Å². The van der Waals surface area contributed by atoms with Crippen LogP contribution in [-0.4, -0.2) is 14.3 Å². The molecule has 0 aliphatic rings. The molecule has 0 aliphatic heterocycles. The number of nitrogens with one attached hydrogen (secondary N) is 2. The fraction of sp³-hybridized carbons (Fsp3) is 0.136. The fourth-order valence-corrected chi connectivity index (χ4v) is 4.07. The Kier molecular flexibility index (Phi) is 5.96. The largest absolute Gasteiger partial charge is 0.322 e. The van der Waals surface area contributed by atoms with Crippen molar-refractivity contribution in [3.8, 4) is 0 Å². The van der Waals surface area contributed by atoms with Crippen LogP contribution in [0.3, 0.4) is 0 Å². The molecule has 0 atom stereocenters. The van der Waals surface area contributed by atoms with Gasteiger partial charge in [-0.1, -0.05) is 29.8 Å². The summed E-state index contributed by atoms with van der Waals surface area (Å²) in [6, 6.07) is 16.4. The minimum atomic E-state index is -3.77. The monoisotopic (exact) mass is 428 g/mol. The van der Waals surface area contributed by atoms with E-state index in [9.17, 15) is 13.2 Å². The molecule has 3 aromatic rings. The number of amides is 1. The number of hydrogen-bond acceptors (Lipinski definition) is 3. The van der Waals surface area contributed by atoms with E-state index >= 15 is 0 Å². The highest BCUT2D eigenvalue weighted by Crippen LogP contribution is 2.23. The lowest BCUT2D eigenvalue weighted by atomic mass is 10.1. The molecular formula is C22H21ClN2O3S. The molecule has 0 spiro atoms. The van der Waals surface area contributed by atoms with E-state index in [0.29, 0.717) is 22.0 Å². The summed E-state index contributed by atoms with van der Waals surface area (Å²) in [6.45, 7) is 5.64. The van der Waals surface area contributed by atoms with Gasteiger partial charge in [-0.25, -0.2) is 8.42 Å². The van der Waals surface area contributed by atoms with Gasteiger partial charge in [-0.3, -0.25) is 9.52 Å². The van der Waals surface area contributed by atoms with E-state index in [-0.39, 0.29) is 10.8 Å². The summed E-state index contributed by atoms with van der Waals surface area (Å²) < 4.78 is 28.0. The van der Waals surface area contributed by atoms with E-state index < -0.39 is 10.0 Å². The maximum atomic E-state index is 12.7. The van der Waals surface area contributed by atoms with Crippen LogP contribution in [-0.2, 0) is 10.0 Å². The van der Waals surface area contributed by atoms with Gasteiger partial charge in [-0.05, 0) is 79.9 Å². The molecule has 0 aliphatic carbocycles. The first-order valence-electron chi connectivity index (χ1n) is 8.94. The van der Waals surface area contributed by atoms with Crippen molar-refractivity contribution in [3.05, 3.63) is 87.9 Å². The lowest BCUT2D eigenvalue weighted by Gasteiger charge is -2.13. The van der Waals surface area contributed by atoms with Crippen molar-refractivity contribution in [2.24, 2.45) is 0 Å². The van der Waals surface area contributed by atoms with Gasteiger partial charge in [0, 0.05) is 16.3 Å². The van der Waals surface area contributed by atoms with Crippen LogP contribution in [0.2, 0.25) is 5.02 Å². The molecule has 0 aromatic heterocycles. The molecule has 3 rings (SSSR count). The zero-order valence-electron chi connectivity index (χ0n) is 16.3. The van der Waals surface area contributed by atoms with Gasteiger partial charge in [-0.15, -0.1) is 0 Å². The number of carbonyl (C=O) groups is 1. The second-order valence-electron chi connectivity index (χ2n) is 6.79. The van der Waals surface area contributed by atoms with Crippen molar-refractivity contribution < 1.29 is 13.2 Å². The Morgan fingerprint density at radius 1 is 0.862 bits per heavy atom. The zero-order chi connectivity index (χ0) is 21.2. The first kappa shape index (κ1) is 20.9. The number of aryl methyl sites for hydroxylation is 2. The minimum Gasteiger partial charge on any atom is -0.322 e. The lowest BCUT2D eigenvalue weighted by Crippen LogP contribution is -2.15. The van der Waals surface area contributed by atoms with Crippen molar-refractivity contribution in [1.29, 1.82) is 0 Å². The highest BCUT2D eigenvalue weighted by atomic mass is 35.5. The number of benzene rings is 3. The molecular weight excluding hydrogens is 408 g/mol. The van der Waals surface area contributed by atoms with Crippen LogP contribution in [0.5, 0.6) is 0 Å². The van der Waals surface area contributed by atoms with Crippen LogP contribution in [0.15, 0.2) is 65.6 Å². The van der Waals surface area contributed by atoms with E-state index in [1.54, 1.807) is 24.3 Å². The highest BCUT2D eigenvalue weighted by Gasteiger charge is 2.17. The summed E-state index contributed by atoms with van der Waals surface area (Å²) in [5.41, 5.74) is 4.21. The third kappa shape index (κ3) is 4.78. The van der Waals surface area contributed by atoms with E-state index in [0.717, 1.165) is 16.7 Å². The first-order valence-corrected chi connectivity index (χ1v) is 10.8. The average molecular weight is 429 g/mol. The zero-order valence-corrected chi connectivity index (χ0v) is 17.9. The van der Waals surface area contributed by atoms with E-state index in [1.165, 1.54) is 24.3 Å². The topological polar surface area (TPSA) is 75.3 Å². The predicted octanol–water partition coefficient (Wildman–Crippen LogP) is 5.32. The van der Waals surface area contributed by atoms with Crippen molar-refractivity contribution >= 4 is 38.9 Å². The predicted molar refractivity (Wildman–Crippen MR) is 117 cm³/mol. The van der Waals surface area contributed by atoms with E-state index in [1.807, 2.05) is 32.9 Å². The number of carbonyl (C=O) groups excluding carboxylic acids is 1. The maximum absolute atomic E-state index is 12.7. The molecule has 0 unspecified atom stereocenters. The van der Waals surface area contributed by atoms with Gasteiger partial charge >= 0.3 is 0 Å². The van der Waals surface area contributed by atoms with Gasteiger partial charge in [0.1, 0.15) is 0 Å². The van der Waals surface area contributed by atoms with Gasteiger partial charge in [0.05, 0.1) is 10.6 Å². The first-order chi connectivity index (χ1) is 13.7. The molecule has 29 heavy (non-hydrogen) atoms. The summed E-state index contributed by atoms with van der Waals surface area (Å²) in [7, 11) is -3.77. The third-order valence-electron chi connectivity index (χ3n) is 4.72. The Morgan fingerprint density at radius 3 is 2.24 bits per heavy atom. The normalized spacial score (nSPS) is 11.2. The number of anilines is 2. The molecule has 1 amide bonds. The van der Waals surface area contributed by atoms with Crippen molar-refractivity contribution in [1.82, 2.24) is 0 Å². The van der Waals surface area contributed by atoms with Gasteiger partial charge in [-0.2, -0.15) is 0 Å². The Labute approximate surface area is 175 Å². The maximum Gasteiger partial charge on any atom is 0.261 e. The van der Waals surface area contributed by atoms with Crippen LogP contribution >= 0.6 is 11.6 Å². The summed E-state index contributed by atoms with van der Waals surface area (Å²) in [6.07, 6.45) is 0. The van der Waals surface area contributed by atoms with Crippen LogP contribution in [0.4, 0.5) is 11.4 Å². The van der Waals surface area contributed by atoms with Crippen molar-refractivity contribution in [2.45, 2.75) is 25.7 Å². The second kappa shape index (κ2) is 8.27. The quantitative estimate of drug-likeness (QED) is 0.577. The van der Waals surface area contributed by atoms with E-state index in [2.05, 4.69) is 10.0 Å². The SMILES string of the molecule is Cc1ccc(Cl)cc1NC(=O)c1ccc(S(=O)(=O)Nc2cccc(C)c2C)cc1. The molecule has 0 bridgehead atoms. The Balaban J connectivity index is 1.79. The minimum absolute atomic E-state index is 0.0777. The summed E-state index contributed by atoms with van der Waals surface area (Å²) in [5.74, 6) is -0.346. The lowest BCUT2D eigenvalue weighted by molar-refractivity contribution is 0.102. The highest BCUT2D eigenvalue weighted by molar-refractivity contribution is 7.92. The van der Waals surface area contributed by atoms with Crippen molar-refractivity contribution in [2.75, 3.05) is 10.0 Å². The molecule has 0 saturated carbocycles. The molecule has 0 heterocycles. The number of sulfonamides is 1. The van der Waals surface area contributed by atoms with Gasteiger partial charge in [0.15, 0.2) is 0 Å². The molecule has 0 fully saturated rings. The van der Waals surface area contributed by atoms with Crippen LogP contribution in [0.1, 0.15) is 27.0 Å². The summed E-state index contributed by atoms with van der Waals surface area (Å²) in [4.78, 5) is 12.6. The van der Waals surface area contributed by atoms with Crippen molar-refractivity contribution in [3.63, 3.8) is 0 Å². The Hall–Kier alpha value is -2.83. The van der Waals surface area contributed by atoms with E-state index in [4.69, 9.17) is 11.6 Å². The van der Waals surface area contributed by atoms with Gasteiger partial charge in [0.25, 0.3) is 15.9 Å². The summed E-state index contributed by atoms with van der Waals surface area (Å²) >= 11 is 5.98. The molecule has 7 heteroatoms. The molecule has 0 saturated heterocycles. The number of hydrogen-bond donors (Lipinski definition) is 2. The molecule has 0 radical (unpaired) electrons. The molecule has 2 N–H and O–H groups in total. The van der Waals surface area contributed by atoms with Gasteiger partial charge in [0.2, 0.25) is 0 Å². The average Bonchev–Trinajstić information content (AvgIpc) is 2.68. The Morgan fingerprint density at radius 2 is 1.55 bits per heavy atom.